The van der Waals surface area contributed by atoms with Gasteiger partial charge in [0.15, 0.2) is 0 Å². The summed E-state index contributed by atoms with van der Waals surface area (Å²) in [6.07, 6.45) is 4.44. The summed E-state index contributed by atoms with van der Waals surface area (Å²) in [5.41, 5.74) is 3.54. The molecule has 0 saturated carbocycles. The topological polar surface area (TPSA) is 142 Å². The maximum absolute atomic E-state index is 13.0. The van der Waals surface area contributed by atoms with Gasteiger partial charge in [0, 0.05) is 23.2 Å². The molecule has 0 spiro atoms. The number of fused-ring (bicyclic) bond motifs is 1. The van der Waals surface area contributed by atoms with Crippen LogP contribution in [0.3, 0.4) is 0 Å². The Labute approximate surface area is 221 Å². The lowest BCUT2D eigenvalue weighted by atomic mass is 10.0. The van der Waals surface area contributed by atoms with Gasteiger partial charge in [-0.05, 0) is 69.5 Å². The van der Waals surface area contributed by atoms with Crippen molar-refractivity contribution in [3.8, 4) is 5.75 Å². The fraction of sp³-hybridized carbons (Fsp3) is 0.321. The number of H-pyrrole nitrogens is 1. The SMILES string of the molecule is CC(NC(=O)OC(C)(C)C)C(=O)N[C@H](COc1cccc(/C=C/C(=O)NO)c1)Cc1c[nH]c2ccccc12. The number of hydroxylamine groups is 1. The Morgan fingerprint density at radius 2 is 1.84 bits per heavy atom. The molecule has 10 heteroatoms. The van der Waals surface area contributed by atoms with E-state index in [0.717, 1.165) is 16.5 Å². The molecular weight excluding hydrogens is 488 g/mol. The number of nitrogens with one attached hydrogen (secondary N) is 4. The maximum atomic E-state index is 13.0. The number of carbonyl (C=O) groups excluding carboxylic acids is 3. The van der Waals surface area contributed by atoms with Crippen molar-refractivity contribution in [2.24, 2.45) is 0 Å². The van der Waals surface area contributed by atoms with Crippen molar-refractivity contribution in [2.45, 2.75) is 51.8 Å². The minimum absolute atomic E-state index is 0.148. The van der Waals surface area contributed by atoms with Crippen molar-refractivity contribution in [1.29, 1.82) is 0 Å². The zero-order chi connectivity index (χ0) is 27.7. The third kappa shape index (κ3) is 8.67. The smallest absolute Gasteiger partial charge is 0.408 e. The van der Waals surface area contributed by atoms with Crippen molar-refractivity contribution in [1.82, 2.24) is 21.1 Å². The number of hydrogen-bond acceptors (Lipinski definition) is 6. The first-order valence-corrected chi connectivity index (χ1v) is 12.2. The predicted molar refractivity (Wildman–Crippen MR) is 144 cm³/mol. The number of rotatable bonds is 10. The van der Waals surface area contributed by atoms with Crippen LogP contribution < -0.4 is 20.9 Å². The fourth-order valence-electron chi connectivity index (χ4n) is 3.71. The maximum Gasteiger partial charge on any atom is 0.408 e. The van der Waals surface area contributed by atoms with Crippen LogP contribution in [0.15, 0.2) is 60.8 Å². The lowest BCUT2D eigenvalue weighted by Crippen LogP contribution is -2.51. The summed E-state index contributed by atoms with van der Waals surface area (Å²) in [5.74, 6) is -0.488. The number of aromatic nitrogens is 1. The van der Waals surface area contributed by atoms with Crippen LogP contribution in [-0.4, -0.2) is 52.4 Å². The van der Waals surface area contributed by atoms with Gasteiger partial charge >= 0.3 is 6.09 Å². The molecule has 3 aromatic rings. The van der Waals surface area contributed by atoms with Crippen molar-refractivity contribution < 1.29 is 29.1 Å². The number of carbonyl (C=O) groups is 3. The van der Waals surface area contributed by atoms with Crippen molar-refractivity contribution >= 4 is 34.9 Å². The molecule has 0 bridgehead atoms. The first-order valence-electron chi connectivity index (χ1n) is 12.2. The molecular formula is C28H34N4O6. The van der Waals surface area contributed by atoms with Crippen LogP contribution in [0.1, 0.15) is 38.8 Å². The average Bonchev–Trinajstić information content (AvgIpc) is 3.27. The number of benzene rings is 2. The summed E-state index contributed by atoms with van der Waals surface area (Å²) >= 11 is 0. The lowest BCUT2D eigenvalue weighted by molar-refractivity contribution is -0.124. The molecule has 1 unspecified atom stereocenters. The molecule has 202 valence electrons. The Kier molecular flexibility index (Phi) is 9.50. The molecule has 3 amide bonds. The van der Waals surface area contributed by atoms with Crippen molar-refractivity contribution in [2.75, 3.05) is 6.61 Å². The minimum atomic E-state index is -0.832. The highest BCUT2D eigenvalue weighted by Gasteiger charge is 2.24. The fourth-order valence-corrected chi connectivity index (χ4v) is 3.71. The van der Waals surface area contributed by atoms with E-state index in [1.54, 1.807) is 52.0 Å². The molecule has 0 aliphatic rings. The summed E-state index contributed by atoms with van der Waals surface area (Å²) in [4.78, 5) is 39.6. The molecule has 3 rings (SSSR count). The monoisotopic (exact) mass is 522 g/mol. The zero-order valence-electron chi connectivity index (χ0n) is 21.9. The number of alkyl carbamates (subject to hydrolysis) is 1. The van der Waals surface area contributed by atoms with Gasteiger partial charge in [-0.15, -0.1) is 0 Å². The van der Waals surface area contributed by atoms with Crippen molar-refractivity contribution in [3.63, 3.8) is 0 Å². The Balaban J connectivity index is 1.72. The predicted octanol–water partition coefficient (Wildman–Crippen LogP) is 3.71. The molecule has 0 aliphatic carbocycles. The van der Waals surface area contributed by atoms with Crippen LogP contribution >= 0.6 is 0 Å². The van der Waals surface area contributed by atoms with Gasteiger partial charge in [-0.25, -0.2) is 10.3 Å². The molecule has 0 fully saturated rings. The van der Waals surface area contributed by atoms with E-state index in [4.69, 9.17) is 14.7 Å². The summed E-state index contributed by atoms with van der Waals surface area (Å²) in [7, 11) is 0. The van der Waals surface area contributed by atoms with Crippen LogP contribution in [0.2, 0.25) is 0 Å². The Hall–Kier alpha value is -4.31. The minimum Gasteiger partial charge on any atom is -0.491 e. The van der Waals surface area contributed by atoms with E-state index in [1.807, 2.05) is 30.5 Å². The molecule has 5 N–H and O–H groups in total. The Morgan fingerprint density at radius 3 is 2.58 bits per heavy atom. The molecule has 1 aromatic heterocycles. The lowest BCUT2D eigenvalue weighted by Gasteiger charge is -2.24. The molecule has 2 aromatic carbocycles. The molecule has 1 heterocycles. The van der Waals surface area contributed by atoms with Gasteiger partial charge in [0.1, 0.15) is 24.0 Å². The van der Waals surface area contributed by atoms with Gasteiger partial charge in [-0.1, -0.05) is 30.3 Å². The molecule has 0 radical (unpaired) electrons. The first-order chi connectivity index (χ1) is 18.0. The van der Waals surface area contributed by atoms with Gasteiger partial charge in [-0.2, -0.15) is 0 Å². The van der Waals surface area contributed by atoms with Crippen LogP contribution in [0.4, 0.5) is 4.79 Å². The van der Waals surface area contributed by atoms with Gasteiger partial charge in [0.05, 0.1) is 6.04 Å². The van der Waals surface area contributed by atoms with E-state index in [2.05, 4.69) is 15.6 Å². The summed E-state index contributed by atoms with van der Waals surface area (Å²) in [6, 6.07) is 13.7. The molecule has 10 nitrogen and oxygen atoms in total. The zero-order valence-corrected chi connectivity index (χ0v) is 21.9. The quantitative estimate of drug-likeness (QED) is 0.156. The molecule has 38 heavy (non-hydrogen) atoms. The van der Waals surface area contributed by atoms with Gasteiger partial charge in [-0.3, -0.25) is 14.8 Å². The van der Waals surface area contributed by atoms with Crippen LogP contribution in [0.25, 0.3) is 17.0 Å². The highest BCUT2D eigenvalue weighted by Crippen LogP contribution is 2.20. The Morgan fingerprint density at radius 1 is 1.08 bits per heavy atom. The number of aromatic amines is 1. The highest BCUT2D eigenvalue weighted by atomic mass is 16.6. The largest absolute Gasteiger partial charge is 0.491 e. The van der Waals surface area contributed by atoms with E-state index in [9.17, 15) is 14.4 Å². The van der Waals surface area contributed by atoms with Crippen molar-refractivity contribution in [3.05, 3.63) is 71.9 Å². The van der Waals surface area contributed by atoms with Gasteiger partial charge in [0.25, 0.3) is 5.91 Å². The molecule has 0 saturated heterocycles. The van der Waals surface area contributed by atoms with Gasteiger partial charge in [0.2, 0.25) is 5.91 Å². The normalized spacial score (nSPS) is 13.1. The number of hydrogen-bond donors (Lipinski definition) is 5. The molecule has 0 aliphatic heterocycles. The summed E-state index contributed by atoms with van der Waals surface area (Å²) < 4.78 is 11.3. The summed E-state index contributed by atoms with van der Waals surface area (Å²) in [5, 5.41) is 15.2. The van der Waals surface area contributed by atoms with Gasteiger partial charge < -0.3 is 25.1 Å². The van der Waals surface area contributed by atoms with Crippen LogP contribution in [0.5, 0.6) is 5.75 Å². The highest BCUT2D eigenvalue weighted by molar-refractivity contribution is 5.90. The number of para-hydroxylation sites is 1. The van der Waals surface area contributed by atoms with Crippen LogP contribution in [0, 0.1) is 0 Å². The average molecular weight is 523 g/mol. The standard InChI is InChI=1S/C28H34N4O6/c1-18(30-27(35)38-28(2,3)4)26(34)31-21(15-20-16-29-24-11-6-5-10-23(20)24)17-37-22-9-7-8-19(14-22)12-13-25(33)32-36/h5-14,16,18,21,29,36H,15,17H2,1-4H3,(H,30,35)(H,31,34)(H,32,33)/b13-12+/t18?,21-/m0/s1. The first kappa shape index (κ1) is 28.3. The van der Waals surface area contributed by atoms with E-state index >= 15 is 0 Å². The summed E-state index contributed by atoms with van der Waals surface area (Å²) in [6.45, 7) is 6.98. The molecule has 2 atom stereocenters. The number of amides is 3. The van der Waals surface area contributed by atoms with Crippen LogP contribution in [-0.2, 0) is 20.7 Å². The van der Waals surface area contributed by atoms with E-state index in [1.165, 1.54) is 17.6 Å². The number of ether oxygens (including phenoxy) is 2. The second-order valence-electron chi connectivity index (χ2n) is 9.83. The van der Waals surface area contributed by atoms with E-state index < -0.39 is 29.7 Å². The third-order valence-corrected chi connectivity index (χ3v) is 5.46. The third-order valence-electron chi connectivity index (χ3n) is 5.46. The second-order valence-corrected chi connectivity index (χ2v) is 9.83. The Bertz CT molecular complexity index is 1290. The van der Waals surface area contributed by atoms with E-state index in [0.29, 0.717) is 17.7 Å². The van der Waals surface area contributed by atoms with E-state index in [-0.39, 0.29) is 12.5 Å². The second kappa shape index (κ2) is 12.8.